The molecule has 0 amide bonds. The second-order valence-corrected chi connectivity index (χ2v) is 2.80. The Labute approximate surface area is 81.5 Å². The van der Waals surface area contributed by atoms with Gasteiger partial charge in [-0.2, -0.15) is 18.4 Å². The molecule has 2 aromatic rings. The van der Waals surface area contributed by atoms with Gasteiger partial charge in [-0.25, -0.2) is 0 Å². The van der Waals surface area contributed by atoms with Crippen molar-refractivity contribution < 1.29 is 13.2 Å². The number of benzene rings is 1. The second kappa shape index (κ2) is 2.95. The van der Waals surface area contributed by atoms with Crippen LogP contribution in [0.2, 0.25) is 0 Å². The fourth-order valence-corrected chi connectivity index (χ4v) is 1.17. The van der Waals surface area contributed by atoms with Crippen LogP contribution in [0.25, 0.3) is 11.0 Å². The zero-order valence-corrected chi connectivity index (χ0v) is 7.15. The molecule has 0 aliphatic heterocycles. The molecular weight excluding hydrogens is 209 g/mol. The van der Waals surface area contributed by atoms with E-state index in [9.17, 15) is 13.2 Å². The average Bonchev–Trinajstić information content (AvgIpc) is 2.58. The van der Waals surface area contributed by atoms with E-state index in [1.54, 1.807) is 6.19 Å². The van der Waals surface area contributed by atoms with Crippen LogP contribution in [0.15, 0.2) is 18.2 Å². The number of hydrogen-bond acceptors (Lipinski definition) is 3. The first kappa shape index (κ1) is 9.45. The van der Waals surface area contributed by atoms with Crippen molar-refractivity contribution >= 4 is 11.0 Å². The zero-order valence-electron chi connectivity index (χ0n) is 7.15. The molecule has 0 atom stereocenters. The summed E-state index contributed by atoms with van der Waals surface area (Å²) in [4.78, 5) is 0. The highest BCUT2D eigenvalue weighted by Crippen LogP contribution is 2.30. The number of alkyl halides is 3. The van der Waals surface area contributed by atoms with Crippen LogP contribution in [0, 0.1) is 11.5 Å². The molecule has 0 unspecified atom stereocenters. The fourth-order valence-electron chi connectivity index (χ4n) is 1.17. The quantitative estimate of drug-likeness (QED) is 0.668. The summed E-state index contributed by atoms with van der Waals surface area (Å²) in [5, 5.41) is 15.4. The van der Waals surface area contributed by atoms with Gasteiger partial charge in [-0.05, 0) is 18.2 Å². The number of aromatic nitrogens is 3. The lowest BCUT2D eigenvalue weighted by atomic mass is 10.2. The van der Waals surface area contributed by atoms with Crippen molar-refractivity contribution in [2.24, 2.45) is 0 Å². The highest BCUT2D eigenvalue weighted by Gasteiger charge is 2.30. The van der Waals surface area contributed by atoms with Crippen molar-refractivity contribution in [3.05, 3.63) is 23.8 Å². The number of halogens is 3. The maximum Gasteiger partial charge on any atom is 0.416 e. The molecular formula is C8H3F3N4. The third kappa shape index (κ3) is 1.50. The lowest BCUT2D eigenvalue weighted by molar-refractivity contribution is -0.137. The topological polar surface area (TPSA) is 54.5 Å². The molecule has 0 saturated carbocycles. The van der Waals surface area contributed by atoms with E-state index < -0.39 is 11.7 Å². The van der Waals surface area contributed by atoms with Gasteiger partial charge in [0.15, 0.2) is 0 Å². The molecule has 2 rings (SSSR count). The molecule has 1 heterocycles. The van der Waals surface area contributed by atoms with Crippen LogP contribution in [0.3, 0.4) is 0 Å². The molecule has 0 aliphatic carbocycles. The van der Waals surface area contributed by atoms with Crippen LogP contribution < -0.4 is 0 Å². The molecule has 1 aromatic carbocycles. The van der Waals surface area contributed by atoms with Crippen molar-refractivity contribution in [3.63, 3.8) is 0 Å². The van der Waals surface area contributed by atoms with Gasteiger partial charge in [-0.3, -0.25) is 0 Å². The van der Waals surface area contributed by atoms with E-state index in [4.69, 9.17) is 5.26 Å². The summed E-state index contributed by atoms with van der Waals surface area (Å²) in [6, 6.07) is 2.91. The average molecular weight is 212 g/mol. The molecule has 0 aliphatic rings. The van der Waals surface area contributed by atoms with E-state index >= 15 is 0 Å². The largest absolute Gasteiger partial charge is 0.416 e. The van der Waals surface area contributed by atoms with Crippen LogP contribution in [-0.2, 0) is 6.18 Å². The van der Waals surface area contributed by atoms with Gasteiger partial charge in [0.1, 0.15) is 11.0 Å². The summed E-state index contributed by atoms with van der Waals surface area (Å²) >= 11 is 0. The molecule has 1 aromatic heterocycles. The van der Waals surface area contributed by atoms with Crippen molar-refractivity contribution in [1.82, 2.24) is 15.0 Å². The van der Waals surface area contributed by atoms with Crippen LogP contribution in [0.5, 0.6) is 0 Å². The van der Waals surface area contributed by atoms with Gasteiger partial charge < -0.3 is 0 Å². The smallest absolute Gasteiger partial charge is 0.170 e. The third-order valence-electron chi connectivity index (χ3n) is 1.87. The highest BCUT2D eigenvalue weighted by molar-refractivity contribution is 5.75. The lowest BCUT2D eigenvalue weighted by Gasteiger charge is -2.04. The first-order valence-corrected chi connectivity index (χ1v) is 3.85. The maximum atomic E-state index is 12.3. The Kier molecular flexibility index (Phi) is 1.86. The zero-order chi connectivity index (χ0) is 11.1. The molecule has 7 heteroatoms. The van der Waals surface area contributed by atoms with Gasteiger partial charge in [0.25, 0.3) is 0 Å². The van der Waals surface area contributed by atoms with Crippen LogP contribution in [0.4, 0.5) is 13.2 Å². The minimum atomic E-state index is -4.41. The molecule has 0 bridgehead atoms. The van der Waals surface area contributed by atoms with E-state index in [-0.39, 0.29) is 11.0 Å². The minimum absolute atomic E-state index is 0.0476. The molecule has 15 heavy (non-hydrogen) atoms. The number of nitrogens with zero attached hydrogens (tertiary/aromatic N) is 4. The maximum absolute atomic E-state index is 12.3. The van der Waals surface area contributed by atoms with Crippen LogP contribution in [-0.4, -0.2) is 15.0 Å². The predicted octanol–water partition coefficient (Wildman–Crippen LogP) is 1.78. The predicted molar refractivity (Wildman–Crippen MR) is 43.5 cm³/mol. The Bertz CT molecular complexity index is 549. The Morgan fingerprint density at radius 2 is 2.07 bits per heavy atom. The van der Waals surface area contributed by atoms with E-state index in [0.29, 0.717) is 0 Å². The monoisotopic (exact) mass is 212 g/mol. The number of fused-ring (bicyclic) bond motifs is 1. The first-order chi connectivity index (χ1) is 7.02. The van der Waals surface area contributed by atoms with Crippen LogP contribution >= 0.6 is 0 Å². The third-order valence-corrected chi connectivity index (χ3v) is 1.87. The van der Waals surface area contributed by atoms with E-state index in [0.717, 1.165) is 16.8 Å². The number of hydrogen-bond donors (Lipinski definition) is 0. The number of rotatable bonds is 0. The molecule has 0 N–H and O–H groups in total. The van der Waals surface area contributed by atoms with Gasteiger partial charge in [-0.15, -0.1) is 9.78 Å². The molecule has 0 saturated heterocycles. The highest BCUT2D eigenvalue weighted by atomic mass is 19.4. The van der Waals surface area contributed by atoms with Crippen molar-refractivity contribution in [1.29, 1.82) is 5.26 Å². The van der Waals surface area contributed by atoms with Gasteiger partial charge in [0, 0.05) is 0 Å². The summed E-state index contributed by atoms with van der Waals surface area (Å²) in [7, 11) is 0. The minimum Gasteiger partial charge on any atom is -0.170 e. The molecule has 76 valence electrons. The Balaban J connectivity index is 2.65. The normalized spacial score (nSPS) is 11.6. The number of nitriles is 1. The van der Waals surface area contributed by atoms with Gasteiger partial charge in [0.2, 0.25) is 6.19 Å². The van der Waals surface area contributed by atoms with E-state index in [2.05, 4.69) is 10.3 Å². The summed E-state index contributed by atoms with van der Waals surface area (Å²) in [6.45, 7) is 0. The Morgan fingerprint density at radius 3 is 2.67 bits per heavy atom. The Morgan fingerprint density at radius 1 is 1.33 bits per heavy atom. The summed E-state index contributed by atoms with van der Waals surface area (Å²) in [6.07, 6.45) is -2.74. The molecule has 0 radical (unpaired) electrons. The van der Waals surface area contributed by atoms with E-state index in [1.165, 1.54) is 6.07 Å². The standard InChI is InChI=1S/C8H3F3N4/c9-8(10,11)5-1-2-7-6(3-5)13-14-15(7)4-12/h1-3H. The first-order valence-electron chi connectivity index (χ1n) is 3.85. The Hall–Kier alpha value is -2.10. The molecule has 4 nitrogen and oxygen atoms in total. The van der Waals surface area contributed by atoms with Gasteiger partial charge >= 0.3 is 6.18 Å². The summed E-state index contributed by atoms with van der Waals surface area (Å²) in [5.41, 5.74) is -0.503. The van der Waals surface area contributed by atoms with Crippen LogP contribution in [0.1, 0.15) is 5.56 Å². The van der Waals surface area contributed by atoms with Gasteiger partial charge in [-0.1, -0.05) is 5.21 Å². The second-order valence-electron chi connectivity index (χ2n) is 2.80. The van der Waals surface area contributed by atoms with Crippen molar-refractivity contribution in [2.45, 2.75) is 6.18 Å². The summed E-state index contributed by atoms with van der Waals surface area (Å²) < 4.78 is 37.7. The van der Waals surface area contributed by atoms with E-state index in [1.807, 2.05) is 0 Å². The molecule has 0 fully saturated rings. The lowest BCUT2D eigenvalue weighted by Crippen LogP contribution is -2.04. The summed E-state index contributed by atoms with van der Waals surface area (Å²) in [5.74, 6) is 0. The van der Waals surface area contributed by atoms with Crippen molar-refractivity contribution in [2.75, 3.05) is 0 Å². The van der Waals surface area contributed by atoms with Crippen molar-refractivity contribution in [3.8, 4) is 6.19 Å². The fraction of sp³-hybridized carbons (Fsp3) is 0.125. The molecule has 0 spiro atoms. The SMILES string of the molecule is N#Cn1nnc2cc(C(F)(F)F)ccc21. The van der Waals surface area contributed by atoms with Gasteiger partial charge in [0.05, 0.1) is 5.56 Å².